The average Bonchev–Trinajstić information content (AvgIpc) is 1.97. The molecule has 1 N–H and O–H groups in total. The molecule has 1 aliphatic heterocycles. The highest BCUT2D eigenvalue weighted by atomic mass is 16.5. The fraction of sp³-hybridized carbons (Fsp3) is 0.500. The second-order valence-corrected chi connectivity index (χ2v) is 3.18. The van der Waals surface area contributed by atoms with E-state index in [0.29, 0.717) is 5.92 Å². The Bertz CT molecular complexity index is 216. The molecule has 0 amide bonds. The topological polar surface area (TPSA) is 46.5 Å². The first kappa shape index (κ1) is 9.99. The highest BCUT2D eigenvalue weighted by molar-refractivity contribution is 5.79. The summed E-state index contributed by atoms with van der Waals surface area (Å²) in [6.45, 7) is 5.12. The van der Waals surface area contributed by atoms with Crippen LogP contribution in [-0.4, -0.2) is 24.3 Å². The predicted octanol–water partition coefficient (Wildman–Crippen LogP) is 1.47. The van der Waals surface area contributed by atoms with Gasteiger partial charge in [-0.3, -0.25) is 0 Å². The molecule has 0 bridgehead atoms. The lowest BCUT2D eigenvalue weighted by Crippen LogP contribution is -2.33. The Morgan fingerprint density at radius 2 is 2.38 bits per heavy atom. The van der Waals surface area contributed by atoms with Crippen molar-refractivity contribution in [1.82, 2.24) is 0 Å². The van der Waals surface area contributed by atoms with Crippen LogP contribution in [0.25, 0.3) is 0 Å². The highest BCUT2D eigenvalue weighted by Gasteiger charge is 2.25. The summed E-state index contributed by atoms with van der Waals surface area (Å²) in [4.78, 5) is 10.3. The van der Waals surface area contributed by atoms with Gasteiger partial charge in [-0.2, -0.15) is 0 Å². The summed E-state index contributed by atoms with van der Waals surface area (Å²) < 4.78 is 5.05. The third kappa shape index (κ3) is 3.03. The van der Waals surface area contributed by atoms with Gasteiger partial charge in [0.25, 0.3) is 0 Å². The zero-order valence-electron chi connectivity index (χ0n) is 7.48. The lowest BCUT2D eigenvalue weighted by molar-refractivity contribution is -0.131. The van der Waals surface area contributed by atoms with E-state index in [9.17, 15) is 4.79 Å². The van der Waals surface area contributed by atoms with Crippen LogP contribution in [-0.2, 0) is 9.53 Å². The molecule has 0 aliphatic carbocycles. The maximum Gasteiger partial charge on any atom is 0.327 e. The smallest absolute Gasteiger partial charge is 0.327 e. The predicted molar refractivity (Wildman–Crippen MR) is 49.4 cm³/mol. The Balaban J connectivity index is 2.45. The molecule has 13 heavy (non-hydrogen) atoms. The molecule has 72 valence electrons. The first-order valence-electron chi connectivity index (χ1n) is 4.33. The van der Waals surface area contributed by atoms with Crippen LogP contribution in [0.2, 0.25) is 0 Å². The van der Waals surface area contributed by atoms with Gasteiger partial charge >= 0.3 is 5.97 Å². The zero-order valence-corrected chi connectivity index (χ0v) is 7.48. The fourth-order valence-electron chi connectivity index (χ4n) is 1.33. The van der Waals surface area contributed by atoms with Gasteiger partial charge in [-0.15, -0.1) is 6.58 Å². The van der Waals surface area contributed by atoms with Crippen molar-refractivity contribution in [3.63, 3.8) is 0 Å². The molecule has 3 nitrogen and oxygen atoms in total. The number of rotatable bonds is 5. The van der Waals surface area contributed by atoms with E-state index in [1.807, 2.05) is 6.08 Å². The normalized spacial score (nSPS) is 19.7. The minimum atomic E-state index is -0.894. The molecule has 1 heterocycles. The minimum Gasteiger partial charge on any atom is -0.478 e. The van der Waals surface area contributed by atoms with E-state index in [2.05, 4.69) is 6.58 Å². The van der Waals surface area contributed by atoms with Crippen molar-refractivity contribution in [3.05, 3.63) is 24.8 Å². The Labute approximate surface area is 77.7 Å². The molecule has 1 aliphatic rings. The van der Waals surface area contributed by atoms with Crippen molar-refractivity contribution >= 4 is 5.97 Å². The van der Waals surface area contributed by atoms with E-state index in [1.165, 1.54) is 6.08 Å². The van der Waals surface area contributed by atoms with Crippen LogP contribution in [0.5, 0.6) is 0 Å². The van der Waals surface area contributed by atoms with E-state index in [4.69, 9.17) is 9.84 Å². The summed E-state index contributed by atoms with van der Waals surface area (Å²) >= 11 is 0. The molecular weight excluding hydrogens is 168 g/mol. The standard InChI is InChI=1S/C10H14O3/c1-2-3-8(4-5-10(11)12)9-6-13-7-9/h2,4-5,8-9H,1,3,6-7H2,(H,11,12)/b5-4+. The molecule has 1 fully saturated rings. The third-order valence-corrected chi connectivity index (χ3v) is 2.19. The largest absolute Gasteiger partial charge is 0.478 e. The number of carbonyl (C=O) groups is 1. The fourth-order valence-corrected chi connectivity index (χ4v) is 1.33. The molecule has 0 radical (unpaired) electrons. The van der Waals surface area contributed by atoms with Crippen LogP contribution in [0.15, 0.2) is 24.8 Å². The zero-order chi connectivity index (χ0) is 9.68. The summed E-state index contributed by atoms with van der Waals surface area (Å²) in [6, 6.07) is 0. The van der Waals surface area contributed by atoms with Crippen LogP contribution < -0.4 is 0 Å². The summed E-state index contributed by atoms with van der Waals surface area (Å²) in [5.41, 5.74) is 0. The lowest BCUT2D eigenvalue weighted by atomic mass is 9.88. The Kier molecular flexibility index (Phi) is 3.71. The van der Waals surface area contributed by atoms with Crippen LogP contribution in [0.4, 0.5) is 0 Å². The van der Waals surface area contributed by atoms with E-state index in [0.717, 1.165) is 19.6 Å². The van der Waals surface area contributed by atoms with Crippen molar-refractivity contribution in [2.45, 2.75) is 6.42 Å². The number of carboxylic acid groups (broad SMARTS) is 1. The third-order valence-electron chi connectivity index (χ3n) is 2.19. The lowest BCUT2D eigenvalue weighted by Gasteiger charge is -2.31. The van der Waals surface area contributed by atoms with Gasteiger partial charge < -0.3 is 9.84 Å². The molecule has 1 unspecified atom stereocenters. The van der Waals surface area contributed by atoms with Gasteiger partial charge in [-0.05, 0) is 12.3 Å². The number of aliphatic carboxylic acids is 1. The minimum absolute atomic E-state index is 0.266. The van der Waals surface area contributed by atoms with Gasteiger partial charge in [0.15, 0.2) is 0 Å². The number of allylic oxidation sites excluding steroid dienone is 2. The van der Waals surface area contributed by atoms with E-state index in [1.54, 1.807) is 6.08 Å². The molecule has 0 aromatic carbocycles. The van der Waals surface area contributed by atoms with Gasteiger partial charge in [0, 0.05) is 12.0 Å². The molecule has 1 saturated heterocycles. The van der Waals surface area contributed by atoms with E-state index >= 15 is 0 Å². The first-order valence-corrected chi connectivity index (χ1v) is 4.33. The second-order valence-electron chi connectivity index (χ2n) is 3.18. The van der Waals surface area contributed by atoms with Gasteiger partial charge in [-0.25, -0.2) is 4.79 Å². The molecule has 0 aromatic heterocycles. The van der Waals surface area contributed by atoms with Crippen molar-refractivity contribution in [2.24, 2.45) is 11.8 Å². The van der Waals surface area contributed by atoms with Gasteiger partial charge in [-0.1, -0.05) is 12.2 Å². The summed E-state index contributed by atoms with van der Waals surface area (Å²) in [5.74, 6) is -0.162. The molecular formula is C10H14O3. The number of hydrogen-bond donors (Lipinski definition) is 1. The monoisotopic (exact) mass is 182 g/mol. The highest BCUT2D eigenvalue weighted by Crippen LogP contribution is 2.25. The summed E-state index contributed by atoms with van der Waals surface area (Å²) in [6.07, 6.45) is 5.57. The summed E-state index contributed by atoms with van der Waals surface area (Å²) in [7, 11) is 0. The van der Waals surface area contributed by atoms with Gasteiger partial charge in [0.1, 0.15) is 0 Å². The van der Waals surface area contributed by atoms with Gasteiger partial charge in [0.05, 0.1) is 13.2 Å². The van der Waals surface area contributed by atoms with Crippen molar-refractivity contribution in [3.8, 4) is 0 Å². The quantitative estimate of drug-likeness (QED) is 0.517. The number of carboxylic acids is 1. The Morgan fingerprint density at radius 1 is 1.69 bits per heavy atom. The Morgan fingerprint density at radius 3 is 2.77 bits per heavy atom. The maximum atomic E-state index is 10.3. The van der Waals surface area contributed by atoms with Crippen LogP contribution in [0.1, 0.15) is 6.42 Å². The number of hydrogen-bond acceptors (Lipinski definition) is 2. The SMILES string of the molecule is C=CCC(/C=C/C(=O)O)C1COC1. The van der Waals surface area contributed by atoms with E-state index < -0.39 is 5.97 Å². The van der Waals surface area contributed by atoms with Crippen LogP contribution in [0, 0.1) is 11.8 Å². The average molecular weight is 182 g/mol. The molecule has 1 rings (SSSR count). The molecule has 1 atom stereocenters. The van der Waals surface area contributed by atoms with Gasteiger partial charge in [0.2, 0.25) is 0 Å². The van der Waals surface area contributed by atoms with Crippen LogP contribution >= 0.6 is 0 Å². The molecule has 0 aromatic rings. The number of ether oxygens (including phenoxy) is 1. The van der Waals surface area contributed by atoms with E-state index in [-0.39, 0.29) is 5.92 Å². The molecule has 0 saturated carbocycles. The Hall–Kier alpha value is -1.09. The first-order chi connectivity index (χ1) is 6.24. The maximum absolute atomic E-state index is 10.3. The molecule has 0 spiro atoms. The summed E-state index contributed by atoms with van der Waals surface area (Å²) in [5, 5.41) is 8.46. The molecule has 3 heteroatoms. The van der Waals surface area contributed by atoms with Crippen molar-refractivity contribution in [1.29, 1.82) is 0 Å². The van der Waals surface area contributed by atoms with Crippen molar-refractivity contribution in [2.75, 3.05) is 13.2 Å². The van der Waals surface area contributed by atoms with Crippen molar-refractivity contribution < 1.29 is 14.6 Å². The second kappa shape index (κ2) is 4.82. The van der Waals surface area contributed by atoms with Crippen LogP contribution in [0.3, 0.4) is 0 Å².